The standard InChI is InChI=1S/C23H35N3O4/c1-4-6-10-15-24-22(28)26(16-11-12-18(26)3)21(27)20(5-2)25-23(29)30-17-19-13-8-7-9-14-19/h7-9,13-14,18,20H,4-6,10-12,15-17H2,1-3H3,(H-,24,25,28,29)/p+1/t18-,20+,26?/m1/s1. The van der Waals surface area contributed by atoms with Crippen LogP contribution in [0.3, 0.4) is 0 Å². The maximum atomic E-state index is 13.5. The molecule has 0 saturated carbocycles. The van der Waals surface area contributed by atoms with Gasteiger partial charge in [-0.2, -0.15) is 4.48 Å². The second kappa shape index (κ2) is 11.7. The minimum Gasteiger partial charge on any atom is -0.445 e. The fourth-order valence-electron chi connectivity index (χ4n) is 4.04. The van der Waals surface area contributed by atoms with Crippen molar-refractivity contribution >= 4 is 18.0 Å². The molecule has 3 atom stereocenters. The number of ether oxygens (including phenoxy) is 1. The summed E-state index contributed by atoms with van der Waals surface area (Å²) in [5, 5.41) is 5.64. The van der Waals surface area contributed by atoms with E-state index in [0.29, 0.717) is 19.5 Å². The molecule has 1 unspecified atom stereocenters. The predicted molar refractivity (Wildman–Crippen MR) is 116 cm³/mol. The van der Waals surface area contributed by atoms with Crippen molar-refractivity contribution < 1.29 is 23.6 Å². The molecule has 0 bridgehead atoms. The Hall–Kier alpha value is -2.41. The Kier molecular flexibility index (Phi) is 9.30. The third kappa shape index (κ3) is 5.81. The molecule has 1 aliphatic heterocycles. The zero-order valence-electron chi connectivity index (χ0n) is 18.5. The van der Waals surface area contributed by atoms with E-state index in [1.165, 1.54) is 0 Å². The van der Waals surface area contributed by atoms with Gasteiger partial charge in [-0.3, -0.25) is 0 Å². The molecule has 0 spiro atoms. The summed E-state index contributed by atoms with van der Waals surface area (Å²) in [5.41, 5.74) is 0.871. The highest BCUT2D eigenvalue weighted by atomic mass is 16.5. The molecule has 2 N–H and O–H groups in total. The second-order valence-corrected chi connectivity index (χ2v) is 8.03. The van der Waals surface area contributed by atoms with Crippen LogP contribution in [0.5, 0.6) is 0 Å². The molecular weight excluding hydrogens is 382 g/mol. The van der Waals surface area contributed by atoms with Gasteiger partial charge in [-0.1, -0.05) is 57.0 Å². The van der Waals surface area contributed by atoms with E-state index >= 15 is 0 Å². The maximum absolute atomic E-state index is 13.5. The molecule has 0 aromatic heterocycles. The number of rotatable bonds is 9. The first-order chi connectivity index (χ1) is 14.5. The largest absolute Gasteiger partial charge is 0.445 e. The van der Waals surface area contributed by atoms with Crippen molar-refractivity contribution in [3.05, 3.63) is 35.9 Å². The first-order valence-electron chi connectivity index (χ1n) is 11.1. The quantitative estimate of drug-likeness (QED) is 0.467. The second-order valence-electron chi connectivity index (χ2n) is 8.03. The van der Waals surface area contributed by atoms with Gasteiger partial charge < -0.3 is 15.4 Å². The number of benzene rings is 1. The van der Waals surface area contributed by atoms with Gasteiger partial charge in [0.25, 0.3) is 0 Å². The minimum absolute atomic E-state index is 0.111. The lowest BCUT2D eigenvalue weighted by Crippen LogP contribution is -2.67. The van der Waals surface area contributed by atoms with E-state index in [1.807, 2.05) is 44.2 Å². The van der Waals surface area contributed by atoms with Gasteiger partial charge in [-0.15, -0.1) is 0 Å². The Morgan fingerprint density at radius 3 is 2.50 bits per heavy atom. The van der Waals surface area contributed by atoms with Crippen molar-refractivity contribution in [1.82, 2.24) is 10.6 Å². The van der Waals surface area contributed by atoms with Crippen molar-refractivity contribution in [2.75, 3.05) is 13.1 Å². The highest BCUT2D eigenvalue weighted by molar-refractivity contribution is 5.89. The summed E-state index contributed by atoms with van der Waals surface area (Å²) in [4.78, 5) is 38.9. The number of imide groups is 1. The number of urea groups is 1. The third-order valence-electron chi connectivity index (χ3n) is 5.91. The third-order valence-corrected chi connectivity index (χ3v) is 5.91. The number of quaternary nitrogens is 1. The van der Waals surface area contributed by atoms with Gasteiger partial charge in [0.2, 0.25) is 0 Å². The highest BCUT2D eigenvalue weighted by Gasteiger charge is 2.54. The van der Waals surface area contributed by atoms with Crippen LogP contribution >= 0.6 is 0 Å². The molecule has 7 heteroatoms. The molecule has 7 nitrogen and oxygen atoms in total. The normalized spacial score (nSPS) is 21.6. The SMILES string of the molecule is CCCCCNC(=O)[N+]1(C(=O)[C@H](CC)NC(=O)OCc2ccccc2)CCC[C@H]1C. The lowest BCUT2D eigenvalue weighted by atomic mass is 10.1. The lowest BCUT2D eigenvalue weighted by Gasteiger charge is -2.35. The summed E-state index contributed by atoms with van der Waals surface area (Å²) in [5.74, 6) is -0.257. The molecule has 0 aliphatic carbocycles. The van der Waals surface area contributed by atoms with E-state index in [-0.39, 0.29) is 29.1 Å². The number of alkyl carbamates (subject to hydrolysis) is 1. The molecule has 4 amide bonds. The predicted octanol–water partition coefficient (Wildman–Crippen LogP) is 4.12. The van der Waals surface area contributed by atoms with E-state index in [0.717, 1.165) is 37.7 Å². The molecule has 166 valence electrons. The summed E-state index contributed by atoms with van der Waals surface area (Å²) in [6, 6.07) is 8.24. The van der Waals surface area contributed by atoms with Crippen LogP contribution < -0.4 is 10.6 Å². The number of carbonyl (C=O) groups excluding carboxylic acids is 3. The number of unbranched alkanes of at least 4 members (excludes halogenated alkanes) is 2. The molecule has 30 heavy (non-hydrogen) atoms. The van der Waals surface area contributed by atoms with Crippen LogP contribution in [-0.2, 0) is 16.1 Å². The summed E-state index contributed by atoms with van der Waals surface area (Å²) >= 11 is 0. The van der Waals surface area contributed by atoms with Crippen molar-refractivity contribution in [1.29, 1.82) is 0 Å². The Labute approximate surface area is 179 Å². The number of hydrogen-bond donors (Lipinski definition) is 2. The fourth-order valence-corrected chi connectivity index (χ4v) is 4.04. The molecule has 1 saturated heterocycles. The van der Waals surface area contributed by atoms with E-state index in [2.05, 4.69) is 17.6 Å². The van der Waals surface area contributed by atoms with E-state index < -0.39 is 12.1 Å². The molecule has 0 radical (unpaired) electrons. The van der Waals surface area contributed by atoms with Gasteiger partial charge in [-0.05, 0) is 25.3 Å². The van der Waals surface area contributed by atoms with E-state index in [4.69, 9.17) is 4.74 Å². The lowest BCUT2D eigenvalue weighted by molar-refractivity contribution is -0.785. The molecule has 1 heterocycles. The Morgan fingerprint density at radius 2 is 1.90 bits per heavy atom. The topological polar surface area (TPSA) is 84.5 Å². The average molecular weight is 419 g/mol. The summed E-state index contributed by atoms with van der Waals surface area (Å²) < 4.78 is 5.03. The number of hydrogen-bond acceptors (Lipinski definition) is 4. The first kappa shape index (κ1) is 23.9. The molecule has 1 aromatic carbocycles. The van der Waals surface area contributed by atoms with Crippen LogP contribution in [0, 0.1) is 0 Å². The van der Waals surface area contributed by atoms with Crippen molar-refractivity contribution in [3.63, 3.8) is 0 Å². The minimum atomic E-state index is -0.768. The van der Waals surface area contributed by atoms with Gasteiger partial charge >= 0.3 is 18.0 Å². The van der Waals surface area contributed by atoms with E-state index in [9.17, 15) is 14.4 Å². The molecule has 1 aliphatic rings. The summed E-state index contributed by atoms with van der Waals surface area (Å²) in [6.07, 6.45) is 4.37. The Morgan fingerprint density at radius 1 is 1.17 bits per heavy atom. The van der Waals surface area contributed by atoms with Crippen molar-refractivity contribution in [2.24, 2.45) is 0 Å². The number of nitrogens with one attached hydrogen (secondary N) is 2. The highest BCUT2D eigenvalue weighted by Crippen LogP contribution is 2.29. The number of amides is 4. The van der Waals surface area contributed by atoms with Crippen LogP contribution in [0.25, 0.3) is 0 Å². The van der Waals surface area contributed by atoms with Gasteiger partial charge in [0, 0.05) is 19.4 Å². The Bertz CT molecular complexity index is 710. The van der Waals surface area contributed by atoms with Crippen molar-refractivity contribution in [2.45, 2.75) is 78.0 Å². The maximum Gasteiger partial charge on any atom is 0.424 e. The van der Waals surface area contributed by atoms with Gasteiger partial charge in [0.15, 0.2) is 0 Å². The summed E-state index contributed by atoms with van der Waals surface area (Å²) in [6.45, 7) is 7.04. The smallest absolute Gasteiger partial charge is 0.424 e. The summed E-state index contributed by atoms with van der Waals surface area (Å²) in [7, 11) is 0. The van der Waals surface area contributed by atoms with Gasteiger partial charge in [0.05, 0.1) is 6.54 Å². The number of nitrogens with zero attached hydrogens (tertiary/aromatic N) is 1. The van der Waals surface area contributed by atoms with Crippen molar-refractivity contribution in [3.8, 4) is 0 Å². The molecule has 1 aromatic rings. The number of likely N-dealkylation sites (tertiary alicyclic amines) is 1. The zero-order chi connectivity index (χ0) is 22.0. The van der Waals surface area contributed by atoms with Crippen LogP contribution in [0.1, 0.15) is 64.9 Å². The van der Waals surface area contributed by atoms with Crippen LogP contribution in [0.2, 0.25) is 0 Å². The van der Waals surface area contributed by atoms with Gasteiger partial charge in [-0.25, -0.2) is 14.4 Å². The first-order valence-corrected chi connectivity index (χ1v) is 11.1. The zero-order valence-corrected chi connectivity index (χ0v) is 18.5. The molecule has 1 fully saturated rings. The average Bonchev–Trinajstić information content (AvgIpc) is 3.16. The molecule has 2 rings (SSSR count). The number of carbonyl (C=O) groups is 3. The van der Waals surface area contributed by atoms with Gasteiger partial charge in [0.1, 0.15) is 18.7 Å². The monoisotopic (exact) mass is 418 g/mol. The van der Waals surface area contributed by atoms with E-state index in [1.54, 1.807) is 0 Å². The molecular formula is C23H36N3O4+. The van der Waals surface area contributed by atoms with Crippen LogP contribution in [0.4, 0.5) is 9.59 Å². The van der Waals surface area contributed by atoms with Crippen LogP contribution in [0.15, 0.2) is 30.3 Å². The van der Waals surface area contributed by atoms with Crippen LogP contribution in [-0.4, -0.2) is 47.7 Å². The fraction of sp³-hybridized carbons (Fsp3) is 0.609. The Balaban J connectivity index is 2.03.